The maximum Gasteiger partial charge on any atom is 0.320 e. The summed E-state index contributed by atoms with van der Waals surface area (Å²) in [5.74, 6) is -1.03. The molecule has 1 atom stereocenters. The fraction of sp³-hybridized carbons (Fsp3) is 0.652. The van der Waals surface area contributed by atoms with Crippen LogP contribution in [0.1, 0.15) is 59.9 Å². The summed E-state index contributed by atoms with van der Waals surface area (Å²) in [6.07, 6.45) is 1.38. The van der Waals surface area contributed by atoms with E-state index in [0.29, 0.717) is 24.8 Å². The van der Waals surface area contributed by atoms with E-state index in [1.54, 1.807) is 64.6 Å². The third-order valence-electron chi connectivity index (χ3n) is 4.40. The Morgan fingerprint density at radius 2 is 1.53 bits per heavy atom. The van der Waals surface area contributed by atoms with Crippen molar-refractivity contribution in [3.05, 3.63) is 39.9 Å². The van der Waals surface area contributed by atoms with Gasteiger partial charge in [0.2, 0.25) is 0 Å². The molecule has 0 amide bonds. The van der Waals surface area contributed by atoms with Crippen LogP contribution in [0.15, 0.2) is 24.3 Å². The number of aliphatic hydroxyl groups excluding tert-OH is 1. The smallest absolute Gasteiger partial charge is 0.320 e. The minimum Gasteiger partial charge on any atom is -0.459 e. The number of esters is 2. The van der Waals surface area contributed by atoms with Crippen molar-refractivity contribution in [2.45, 2.75) is 78.0 Å². The van der Waals surface area contributed by atoms with Gasteiger partial charge in [-0.1, -0.05) is 18.2 Å². The number of rotatable bonds is 11. The zero-order chi connectivity index (χ0) is 24.5. The van der Waals surface area contributed by atoms with Gasteiger partial charge in [0.1, 0.15) is 11.2 Å². The Labute approximate surface area is 189 Å². The van der Waals surface area contributed by atoms with Crippen LogP contribution in [0, 0.1) is 10.1 Å². The van der Waals surface area contributed by atoms with Crippen molar-refractivity contribution in [1.82, 2.24) is 4.90 Å². The molecule has 9 heteroatoms. The first-order chi connectivity index (χ1) is 14.7. The van der Waals surface area contributed by atoms with Crippen molar-refractivity contribution in [2.24, 2.45) is 0 Å². The van der Waals surface area contributed by atoms with Crippen LogP contribution in [0.25, 0.3) is 0 Å². The minimum absolute atomic E-state index is 0.0485. The summed E-state index contributed by atoms with van der Waals surface area (Å²) in [7, 11) is 0. The molecule has 0 aliphatic rings. The Balaban J connectivity index is 2.89. The van der Waals surface area contributed by atoms with E-state index in [1.807, 2.05) is 0 Å². The van der Waals surface area contributed by atoms with Crippen LogP contribution >= 0.6 is 0 Å². The molecule has 0 radical (unpaired) electrons. The molecule has 0 saturated carbocycles. The molecule has 0 heterocycles. The fourth-order valence-corrected chi connectivity index (χ4v) is 3.21. The molecule has 1 N–H and O–H groups in total. The maximum absolute atomic E-state index is 12.4. The van der Waals surface area contributed by atoms with Gasteiger partial charge < -0.3 is 14.6 Å². The lowest BCUT2D eigenvalue weighted by molar-refractivity contribution is -0.385. The van der Waals surface area contributed by atoms with Crippen LogP contribution in [0.4, 0.5) is 5.69 Å². The third-order valence-corrected chi connectivity index (χ3v) is 4.40. The third kappa shape index (κ3) is 10.7. The van der Waals surface area contributed by atoms with Crippen molar-refractivity contribution >= 4 is 17.6 Å². The molecule has 0 aromatic heterocycles. The summed E-state index contributed by atoms with van der Waals surface area (Å²) in [6, 6.07) is 5.99. The lowest BCUT2D eigenvalue weighted by Crippen LogP contribution is -2.46. The molecule has 0 spiro atoms. The van der Waals surface area contributed by atoms with E-state index in [9.17, 15) is 24.8 Å². The van der Waals surface area contributed by atoms with Gasteiger partial charge in [-0.05, 0) is 60.8 Å². The lowest BCUT2D eigenvalue weighted by Gasteiger charge is -2.31. The van der Waals surface area contributed by atoms with E-state index in [1.165, 1.54) is 6.07 Å². The molecule has 0 bridgehead atoms. The van der Waals surface area contributed by atoms with Crippen LogP contribution < -0.4 is 0 Å². The molecule has 1 rings (SSSR count). The molecule has 1 aromatic rings. The molecule has 0 aliphatic heterocycles. The van der Waals surface area contributed by atoms with Gasteiger partial charge >= 0.3 is 11.9 Å². The van der Waals surface area contributed by atoms with Gasteiger partial charge in [0, 0.05) is 17.7 Å². The van der Waals surface area contributed by atoms with Crippen LogP contribution in [-0.2, 0) is 25.5 Å². The van der Waals surface area contributed by atoms with Gasteiger partial charge in [-0.2, -0.15) is 0 Å². The van der Waals surface area contributed by atoms with Crippen molar-refractivity contribution in [3.63, 3.8) is 0 Å². The van der Waals surface area contributed by atoms with Gasteiger partial charge in [0.05, 0.1) is 24.6 Å². The van der Waals surface area contributed by atoms with Crippen LogP contribution in [0.5, 0.6) is 0 Å². The standard InChI is InChI=1S/C23H36N2O7/c1-22(2,3)31-20(27)14-24(15-21(28)32-23(4,5)6)18(16-26)12-9-11-17-10-7-8-13-19(17)25(29)30/h7-8,10,13,18,26H,9,11-12,14-16H2,1-6H3. The lowest BCUT2D eigenvalue weighted by atomic mass is 10.0. The summed E-state index contributed by atoms with van der Waals surface area (Å²) < 4.78 is 10.7. The Kier molecular flexibility index (Phi) is 10.2. The van der Waals surface area contributed by atoms with E-state index in [-0.39, 0.29) is 25.4 Å². The second-order valence-corrected chi connectivity index (χ2v) is 9.69. The average molecular weight is 453 g/mol. The highest BCUT2D eigenvalue weighted by molar-refractivity contribution is 5.75. The Morgan fingerprint density at radius 3 is 1.97 bits per heavy atom. The van der Waals surface area contributed by atoms with E-state index in [2.05, 4.69) is 0 Å². The summed E-state index contributed by atoms with van der Waals surface area (Å²) in [5.41, 5.74) is -0.724. The second-order valence-electron chi connectivity index (χ2n) is 9.69. The monoisotopic (exact) mass is 452 g/mol. The number of hydrogen-bond donors (Lipinski definition) is 1. The molecule has 0 aliphatic carbocycles. The van der Waals surface area contributed by atoms with E-state index in [4.69, 9.17) is 9.47 Å². The molecule has 1 unspecified atom stereocenters. The van der Waals surface area contributed by atoms with Crippen molar-refractivity contribution in [1.29, 1.82) is 0 Å². The number of carbonyl (C=O) groups excluding carboxylic acids is 2. The van der Waals surface area contributed by atoms with Crippen molar-refractivity contribution in [2.75, 3.05) is 19.7 Å². The van der Waals surface area contributed by atoms with Gasteiger partial charge in [0.25, 0.3) is 5.69 Å². The first-order valence-electron chi connectivity index (χ1n) is 10.7. The topological polar surface area (TPSA) is 119 Å². The van der Waals surface area contributed by atoms with Gasteiger partial charge in [0.15, 0.2) is 0 Å². The fourth-order valence-electron chi connectivity index (χ4n) is 3.21. The van der Waals surface area contributed by atoms with E-state index >= 15 is 0 Å². The minimum atomic E-state index is -0.685. The van der Waals surface area contributed by atoms with Gasteiger partial charge in [-0.3, -0.25) is 24.6 Å². The quantitative estimate of drug-likeness (QED) is 0.309. The molecule has 180 valence electrons. The number of nitrogens with zero attached hydrogens (tertiary/aromatic N) is 2. The van der Waals surface area contributed by atoms with E-state index in [0.717, 1.165) is 0 Å². The highest BCUT2D eigenvalue weighted by Gasteiger charge is 2.28. The van der Waals surface area contributed by atoms with Crippen LogP contribution in [0.2, 0.25) is 0 Å². The summed E-state index contributed by atoms with van der Waals surface area (Å²) >= 11 is 0. The Hall–Kier alpha value is -2.52. The van der Waals surface area contributed by atoms with Crippen molar-refractivity contribution < 1.29 is 29.1 Å². The number of para-hydroxylation sites is 1. The Morgan fingerprint density at radius 1 is 1.03 bits per heavy atom. The second kappa shape index (κ2) is 11.9. The number of benzene rings is 1. The van der Waals surface area contributed by atoms with Crippen LogP contribution in [-0.4, -0.2) is 63.8 Å². The first-order valence-corrected chi connectivity index (χ1v) is 10.7. The number of ether oxygens (including phenoxy) is 2. The largest absolute Gasteiger partial charge is 0.459 e. The summed E-state index contributed by atoms with van der Waals surface area (Å²) in [4.78, 5) is 37.1. The SMILES string of the molecule is CC(C)(C)OC(=O)CN(CC(=O)OC(C)(C)C)C(CO)CCCc1ccccc1[N+](=O)[O-]. The van der Waals surface area contributed by atoms with E-state index < -0.39 is 34.1 Å². The predicted octanol–water partition coefficient (Wildman–Crippen LogP) is 3.26. The number of aryl methyl sites for hydroxylation is 1. The molecule has 0 fully saturated rings. The van der Waals surface area contributed by atoms with Gasteiger partial charge in [-0.25, -0.2) is 0 Å². The Bertz CT molecular complexity index is 751. The normalized spacial score (nSPS) is 13.0. The zero-order valence-corrected chi connectivity index (χ0v) is 19.9. The first kappa shape index (κ1) is 27.5. The number of nitro groups is 1. The zero-order valence-electron chi connectivity index (χ0n) is 19.9. The predicted molar refractivity (Wildman–Crippen MR) is 120 cm³/mol. The molecule has 0 saturated heterocycles. The molecule has 9 nitrogen and oxygen atoms in total. The van der Waals surface area contributed by atoms with Crippen LogP contribution in [0.3, 0.4) is 0 Å². The number of aliphatic hydroxyl groups is 1. The average Bonchev–Trinajstić information content (AvgIpc) is 2.61. The number of nitro benzene ring substituents is 1. The molecule has 1 aromatic carbocycles. The number of hydrogen-bond acceptors (Lipinski definition) is 8. The summed E-state index contributed by atoms with van der Waals surface area (Å²) in [6.45, 7) is 9.83. The van der Waals surface area contributed by atoms with Crippen molar-refractivity contribution in [3.8, 4) is 0 Å². The molecular formula is C23H36N2O7. The highest BCUT2D eigenvalue weighted by Crippen LogP contribution is 2.21. The molecular weight excluding hydrogens is 416 g/mol. The maximum atomic E-state index is 12.4. The highest BCUT2D eigenvalue weighted by atomic mass is 16.6. The van der Waals surface area contributed by atoms with Gasteiger partial charge in [-0.15, -0.1) is 0 Å². The summed E-state index contributed by atoms with van der Waals surface area (Å²) in [5, 5.41) is 21.2. The molecule has 32 heavy (non-hydrogen) atoms. The number of carbonyl (C=O) groups is 2.